The van der Waals surface area contributed by atoms with Gasteiger partial charge in [0.2, 0.25) is 11.8 Å². The SMILES string of the molecule is CCn1nc(C)c(NC(=O)[C@H](C)N2CC[C@@]3(CCC2=O)CC(=O)c2ccccc2O3)c1C. The van der Waals surface area contributed by atoms with Gasteiger partial charge >= 0.3 is 0 Å². The van der Waals surface area contributed by atoms with Gasteiger partial charge in [0.05, 0.1) is 29.1 Å². The van der Waals surface area contributed by atoms with Crippen molar-refractivity contribution in [3.05, 3.63) is 41.2 Å². The smallest absolute Gasteiger partial charge is 0.246 e. The number of Topliss-reactive ketones (excluding diaryl/α,β-unsaturated/α-hetero) is 1. The second-order valence-corrected chi connectivity index (χ2v) is 8.75. The van der Waals surface area contributed by atoms with Crippen molar-refractivity contribution in [2.75, 3.05) is 11.9 Å². The van der Waals surface area contributed by atoms with Crippen molar-refractivity contribution in [2.45, 2.75) is 71.6 Å². The third-order valence-electron chi connectivity index (χ3n) is 6.70. The zero-order chi connectivity index (χ0) is 23.0. The van der Waals surface area contributed by atoms with E-state index in [2.05, 4.69) is 10.4 Å². The van der Waals surface area contributed by atoms with Crippen molar-refractivity contribution in [2.24, 2.45) is 0 Å². The monoisotopic (exact) mass is 438 g/mol. The number of carbonyl (C=O) groups is 3. The molecule has 4 rings (SSSR count). The van der Waals surface area contributed by atoms with Crippen molar-refractivity contribution in [1.29, 1.82) is 0 Å². The number of ketones is 1. The van der Waals surface area contributed by atoms with E-state index >= 15 is 0 Å². The fourth-order valence-electron chi connectivity index (χ4n) is 4.74. The highest BCUT2D eigenvalue weighted by molar-refractivity contribution is 6.00. The third-order valence-corrected chi connectivity index (χ3v) is 6.70. The molecule has 1 saturated heterocycles. The molecule has 1 aromatic heterocycles. The van der Waals surface area contributed by atoms with Crippen LogP contribution in [0.5, 0.6) is 5.75 Å². The first-order chi connectivity index (χ1) is 15.2. The van der Waals surface area contributed by atoms with Gasteiger partial charge in [-0.1, -0.05) is 12.1 Å². The molecule has 8 heteroatoms. The summed E-state index contributed by atoms with van der Waals surface area (Å²) in [7, 11) is 0. The third kappa shape index (κ3) is 3.89. The lowest BCUT2D eigenvalue weighted by Gasteiger charge is -2.37. The number of amides is 2. The normalized spacial score (nSPS) is 21.7. The summed E-state index contributed by atoms with van der Waals surface area (Å²) in [6.45, 7) is 8.58. The molecule has 8 nitrogen and oxygen atoms in total. The Kier molecular flexibility index (Phi) is 5.79. The summed E-state index contributed by atoms with van der Waals surface area (Å²) in [6, 6.07) is 6.60. The molecular formula is C24H30N4O4. The zero-order valence-corrected chi connectivity index (χ0v) is 19.1. The van der Waals surface area contributed by atoms with Crippen LogP contribution in [0.25, 0.3) is 0 Å². The summed E-state index contributed by atoms with van der Waals surface area (Å²) in [5.74, 6) is 0.269. The predicted octanol–water partition coefficient (Wildman–Crippen LogP) is 3.26. The van der Waals surface area contributed by atoms with Crippen LogP contribution < -0.4 is 10.1 Å². The first kappa shape index (κ1) is 22.0. The highest BCUT2D eigenvalue weighted by Crippen LogP contribution is 2.39. The number of likely N-dealkylation sites (tertiary alicyclic amines) is 1. The van der Waals surface area contributed by atoms with E-state index in [4.69, 9.17) is 4.74 Å². The summed E-state index contributed by atoms with van der Waals surface area (Å²) in [4.78, 5) is 40.3. The highest BCUT2D eigenvalue weighted by atomic mass is 16.5. The summed E-state index contributed by atoms with van der Waals surface area (Å²) >= 11 is 0. The molecule has 1 N–H and O–H groups in total. The number of hydrogen-bond acceptors (Lipinski definition) is 5. The Labute approximate surface area is 187 Å². The van der Waals surface area contributed by atoms with Gasteiger partial charge in [0, 0.05) is 25.9 Å². The second kappa shape index (κ2) is 8.41. The molecule has 0 bridgehead atoms. The fraction of sp³-hybridized carbons (Fsp3) is 0.500. The molecule has 0 saturated carbocycles. The Bertz CT molecular complexity index is 1080. The number of para-hydroxylation sites is 1. The molecule has 1 aromatic carbocycles. The average molecular weight is 439 g/mol. The van der Waals surface area contributed by atoms with Gasteiger partial charge in [-0.3, -0.25) is 19.1 Å². The van der Waals surface area contributed by atoms with Gasteiger partial charge in [-0.05, 0) is 46.2 Å². The van der Waals surface area contributed by atoms with Gasteiger partial charge in [0.15, 0.2) is 5.78 Å². The van der Waals surface area contributed by atoms with Crippen LogP contribution in [0.4, 0.5) is 5.69 Å². The number of nitrogens with zero attached hydrogens (tertiary/aromatic N) is 3. The maximum Gasteiger partial charge on any atom is 0.246 e. The average Bonchev–Trinajstić information content (AvgIpc) is 2.94. The number of nitrogens with one attached hydrogen (secondary N) is 1. The van der Waals surface area contributed by atoms with E-state index in [0.717, 1.165) is 11.4 Å². The number of ether oxygens (including phenoxy) is 1. The lowest BCUT2D eigenvalue weighted by Crippen LogP contribution is -2.47. The van der Waals surface area contributed by atoms with E-state index in [-0.39, 0.29) is 30.4 Å². The van der Waals surface area contributed by atoms with E-state index in [0.29, 0.717) is 42.9 Å². The first-order valence-corrected chi connectivity index (χ1v) is 11.2. The molecule has 2 aromatic rings. The largest absolute Gasteiger partial charge is 0.486 e. The number of rotatable bonds is 4. The number of carbonyl (C=O) groups excluding carboxylic acids is 3. The molecule has 2 amide bonds. The van der Waals surface area contributed by atoms with Crippen LogP contribution in [-0.4, -0.2) is 50.5 Å². The first-order valence-electron chi connectivity index (χ1n) is 11.2. The number of aryl methyl sites for hydroxylation is 2. The van der Waals surface area contributed by atoms with E-state index < -0.39 is 11.6 Å². The minimum atomic E-state index is -0.707. The Morgan fingerprint density at radius 2 is 2.00 bits per heavy atom. The van der Waals surface area contributed by atoms with Crippen LogP contribution in [-0.2, 0) is 16.1 Å². The van der Waals surface area contributed by atoms with Gasteiger partial charge in [0.1, 0.15) is 17.4 Å². The van der Waals surface area contributed by atoms with Crippen LogP contribution in [0.1, 0.15) is 61.3 Å². The van der Waals surface area contributed by atoms with Crippen LogP contribution in [0.3, 0.4) is 0 Å². The molecule has 3 heterocycles. The maximum absolute atomic E-state index is 13.0. The van der Waals surface area contributed by atoms with E-state index in [9.17, 15) is 14.4 Å². The number of fused-ring (bicyclic) bond motifs is 1. The van der Waals surface area contributed by atoms with Crippen LogP contribution in [0.2, 0.25) is 0 Å². The number of aromatic nitrogens is 2. The van der Waals surface area contributed by atoms with Crippen molar-refractivity contribution in [1.82, 2.24) is 14.7 Å². The fourth-order valence-corrected chi connectivity index (χ4v) is 4.74. The minimum absolute atomic E-state index is 0.0393. The predicted molar refractivity (Wildman–Crippen MR) is 120 cm³/mol. The quantitative estimate of drug-likeness (QED) is 0.791. The second-order valence-electron chi connectivity index (χ2n) is 8.75. The number of benzene rings is 1. The molecule has 1 spiro atoms. The van der Waals surface area contributed by atoms with E-state index in [1.54, 1.807) is 24.0 Å². The minimum Gasteiger partial charge on any atom is -0.486 e. The van der Waals surface area contributed by atoms with E-state index in [1.165, 1.54) is 0 Å². The highest BCUT2D eigenvalue weighted by Gasteiger charge is 2.44. The molecule has 1 fully saturated rings. The van der Waals surface area contributed by atoms with Gasteiger partial charge < -0.3 is 15.0 Å². The van der Waals surface area contributed by atoms with Gasteiger partial charge in [-0.25, -0.2) is 0 Å². The Hall–Kier alpha value is -3.16. The molecule has 2 aliphatic heterocycles. The van der Waals surface area contributed by atoms with Gasteiger partial charge in [-0.2, -0.15) is 5.10 Å². The molecule has 0 unspecified atom stereocenters. The lowest BCUT2D eigenvalue weighted by molar-refractivity contribution is -0.137. The number of hydrogen-bond donors (Lipinski definition) is 1. The summed E-state index contributed by atoms with van der Waals surface area (Å²) in [5.41, 5.74) is 2.22. The molecule has 2 atom stereocenters. The Morgan fingerprint density at radius 1 is 1.25 bits per heavy atom. The van der Waals surface area contributed by atoms with Crippen molar-refractivity contribution in [3.8, 4) is 5.75 Å². The molecule has 0 aliphatic carbocycles. The van der Waals surface area contributed by atoms with Gasteiger partial charge in [0.25, 0.3) is 0 Å². The van der Waals surface area contributed by atoms with Crippen LogP contribution >= 0.6 is 0 Å². The van der Waals surface area contributed by atoms with Gasteiger partial charge in [-0.15, -0.1) is 0 Å². The number of anilines is 1. The summed E-state index contributed by atoms with van der Waals surface area (Å²) < 4.78 is 8.12. The van der Waals surface area contributed by atoms with Crippen molar-refractivity contribution in [3.63, 3.8) is 0 Å². The molecular weight excluding hydrogens is 408 g/mol. The summed E-state index contributed by atoms with van der Waals surface area (Å²) in [5, 5.41) is 7.40. The van der Waals surface area contributed by atoms with E-state index in [1.807, 2.05) is 37.6 Å². The topological polar surface area (TPSA) is 93.5 Å². The Balaban J connectivity index is 1.49. The molecule has 0 radical (unpaired) electrons. The summed E-state index contributed by atoms with van der Waals surface area (Å²) in [6.07, 6.45) is 1.44. The zero-order valence-electron chi connectivity index (χ0n) is 19.1. The van der Waals surface area contributed by atoms with Crippen molar-refractivity contribution < 1.29 is 19.1 Å². The van der Waals surface area contributed by atoms with Crippen LogP contribution in [0.15, 0.2) is 24.3 Å². The van der Waals surface area contributed by atoms with Crippen LogP contribution in [0, 0.1) is 13.8 Å². The Morgan fingerprint density at radius 3 is 2.72 bits per heavy atom. The standard InChI is InChI=1S/C24H30N4O4/c1-5-28-16(3)22(15(2)26-28)25-23(31)17(4)27-13-12-24(11-10-21(27)30)14-19(29)18-8-6-7-9-20(18)32-24/h6-9,17H,5,10-14H2,1-4H3,(H,25,31)/t17-,24-/m0/s1. The lowest BCUT2D eigenvalue weighted by atomic mass is 9.84. The molecule has 32 heavy (non-hydrogen) atoms. The molecule has 2 aliphatic rings. The maximum atomic E-state index is 13.0. The molecule has 170 valence electrons. The van der Waals surface area contributed by atoms with Crippen molar-refractivity contribution >= 4 is 23.3 Å².